The fourth-order valence-electron chi connectivity index (χ4n) is 2.63. The third-order valence-corrected chi connectivity index (χ3v) is 5.58. The van der Waals surface area contributed by atoms with E-state index in [1.54, 1.807) is 18.2 Å². The highest BCUT2D eigenvalue weighted by Gasteiger charge is 2.11. The molecule has 0 spiro atoms. The Morgan fingerprint density at radius 3 is 2.48 bits per heavy atom. The molecular formula is C23H19BrCl2N2O3. The Balaban J connectivity index is 1.72. The fourth-order valence-corrected chi connectivity index (χ4v) is 3.35. The molecule has 0 saturated heterocycles. The van der Waals surface area contributed by atoms with E-state index in [2.05, 4.69) is 26.5 Å². The van der Waals surface area contributed by atoms with Crippen molar-refractivity contribution in [1.82, 2.24) is 5.43 Å². The Morgan fingerprint density at radius 1 is 1.03 bits per heavy atom. The second-order valence-corrected chi connectivity index (χ2v) is 8.02. The van der Waals surface area contributed by atoms with E-state index in [9.17, 15) is 4.79 Å². The first-order valence-electron chi connectivity index (χ1n) is 9.39. The second kappa shape index (κ2) is 11.2. The van der Waals surface area contributed by atoms with Crippen molar-refractivity contribution in [1.29, 1.82) is 0 Å². The van der Waals surface area contributed by atoms with E-state index in [1.165, 1.54) is 12.3 Å². The standard InChI is InChI=1S/C23H19BrCl2N2O3/c1-2-30-21-11-17(13-27-28-23(29)16-8-9-19(25)20(26)10-16)18(24)12-22(21)31-14-15-6-4-3-5-7-15/h3-13H,2,14H2,1H3,(H,28,29)/b27-13-. The van der Waals surface area contributed by atoms with Crippen molar-refractivity contribution in [2.75, 3.05) is 6.61 Å². The fraction of sp³-hybridized carbons (Fsp3) is 0.130. The minimum atomic E-state index is -0.404. The largest absolute Gasteiger partial charge is 0.490 e. The van der Waals surface area contributed by atoms with Gasteiger partial charge in [-0.15, -0.1) is 0 Å². The van der Waals surface area contributed by atoms with Crippen molar-refractivity contribution < 1.29 is 14.3 Å². The Morgan fingerprint density at radius 2 is 1.77 bits per heavy atom. The molecule has 3 aromatic carbocycles. The summed E-state index contributed by atoms with van der Waals surface area (Å²) in [5, 5.41) is 4.71. The number of benzene rings is 3. The first-order valence-corrected chi connectivity index (χ1v) is 10.9. The molecule has 0 bridgehead atoms. The predicted octanol–water partition coefficient (Wildman–Crippen LogP) is 6.50. The maximum atomic E-state index is 12.2. The molecule has 31 heavy (non-hydrogen) atoms. The van der Waals surface area contributed by atoms with Gasteiger partial charge in [0, 0.05) is 15.6 Å². The number of nitrogens with zero attached hydrogens (tertiary/aromatic N) is 1. The lowest BCUT2D eigenvalue weighted by molar-refractivity contribution is 0.0955. The summed E-state index contributed by atoms with van der Waals surface area (Å²) in [5.74, 6) is 0.784. The molecule has 8 heteroatoms. The van der Waals surface area contributed by atoms with Gasteiger partial charge in [-0.25, -0.2) is 5.43 Å². The summed E-state index contributed by atoms with van der Waals surface area (Å²) in [7, 11) is 0. The summed E-state index contributed by atoms with van der Waals surface area (Å²) < 4.78 is 12.4. The molecule has 0 heterocycles. The van der Waals surface area contributed by atoms with Crippen LogP contribution in [0.25, 0.3) is 0 Å². The quantitative estimate of drug-likeness (QED) is 0.272. The molecule has 0 atom stereocenters. The molecule has 0 saturated carbocycles. The van der Waals surface area contributed by atoms with Gasteiger partial charge in [-0.1, -0.05) is 53.5 Å². The lowest BCUT2D eigenvalue weighted by atomic mass is 10.2. The highest BCUT2D eigenvalue weighted by molar-refractivity contribution is 9.10. The van der Waals surface area contributed by atoms with Gasteiger partial charge in [-0.3, -0.25) is 4.79 Å². The lowest BCUT2D eigenvalue weighted by Crippen LogP contribution is -2.17. The van der Waals surface area contributed by atoms with Gasteiger partial charge in [0.1, 0.15) is 6.61 Å². The Bertz CT molecular complexity index is 1090. The molecule has 0 unspecified atom stereocenters. The molecule has 0 aromatic heterocycles. The van der Waals surface area contributed by atoms with E-state index >= 15 is 0 Å². The van der Waals surface area contributed by atoms with Gasteiger partial charge in [-0.2, -0.15) is 5.10 Å². The van der Waals surface area contributed by atoms with Crippen LogP contribution in [0.4, 0.5) is 0 Å². The number of nitrogens with one attached hydrogen (secondary N) is 1. The molecular weight excluding hydrogens is 503 g/mol. The molecule has 0 aliphatic heterocycles. The van der Waals surface area contributed by atoms with Crippen molar-refractivity contribution in [3.8, 4) is 11.5 Å². The van der Waals surface area contributed by atoms with Crippen LogP contribution in [0.1, 0.15) is 28.4 Å². The second-order valence-electron chi connectivity index (χ2n) is 6.36. The normalized spacial score (nSPS) is 10.8. The molecule has 0 aliphatic carbocycles. The van der Waals surface area contributed by atoms with Gasteiger partial charge in [0.25, 0.3) is 5.91 Å². The van der Waals surface area contributed by atoms with E-state index in [0.29, 0.717) is 45.9 Å². The van der Waals surface area contributed by atoms with Gasteiger partial charge in [0.05, 0.1) is 22.9 Å². The van der Waals surface area contributed by atoms with Crippen LogP contribution in [0.2, 0.25) is 10.0 Å². The predicted molar refractivity (Wildman–Crippen MR) is 128 cm³/mol. The van der Waals surface area contributed by atoms with Crippen molar-refractivity contribution >= 4 is 51.3 Å². The Labute approximate surface area is 199 Å². The number of carbonyl (C=O) groups excluding carboxylic acids is 1. The molecule has 0 fully saturated rings. The highest BCUT2D eigenvalue weighted by Crippen LogP contribution is 2.34. The van der Waals surface area contributed by atoms with Gasteiger partial charge in [0.15, 0.2) is 11.5 Å². The van der Waals surface area contributed by atoms with Crippen LogP contribution >= 0.6 is 39.1 Å². The van der Waals surface area contributed by atoms with E-state index in [-0.39, 0.29) is 0 Å². The number of hydrogen-bond acceptors (Lipinski definition) is 4. The summed E-state index contributed by atoms with van der Waals surface area (Å²) in [4.78, 5) is 12.2. The summed E-state index contributed by atoms with van der Waals surface area (Å²) in [5.41, 5.74) is 4.59. The Kier molecular flexibility index (Phi) is 8.35. The average molecular weight is 522 g/mol. The van der Waals surface area contributed by atoms with Crippen molar-refractivity contribution in [2.24, 2.45) is 5.10 Å². The van der Waals surface area contributed by atoms with E-state index in [0.717, 1.165) is 10.0 Å². The summed E-state index contributed by atoms with van der Waals surface area (Å²) >= 11 is 15.3. The lowest BCUT2D eigenvalue weighted by Gasteiger charge is -2.14. The zero-order chi connectivity index (χ0) is 22.2. The minimum absolute atomic E-state index is 0.300. The molecule has 5 nitrogen and oxygen atoms in total. The van der Waals surface area contributed by atoms with Crippen molar-refractivity contribution in [2.45, 2.75) is 13.5 Å². The van der Waals surface area contributed by atoms with E-state index < -0.39 is 5.91 Å². The number of carbonyl (C=O) groups is 1. The molecule has 0 radical (unpaired) electrons. The smallest absolute Gasteiger partial charge is 0.271 e. The third-order valence-electron chi connectivity index (χ3n) is 4.15. The number of rotatable bonds is 8. The number of amides is 1. The molecule has 0 aliphatic rings. The SMILES string of the molecule is CCOc1cc(/C=N\NC(=O)c2ccc(Cl)c(Cl)c2)c(Br)cc1OCc1ccccc1. The number of halogens is 3. The van der Waals surface area contributed by atoms with Gasteiger partial charge < -0.3 is 9.47 Å². The van der Waals surface area contributed by atoms with Crippen molar-refractivity contribution in [3.63, 3.8) is 0 Å². The van der Waals surface area contributed by atoms with Crippen LogP contribution in [-0.2, 0) is 6.61 Å². The molecule has 1 N–H and O–H groups in total. The summed E-state index contributed by atoms with van der Waals surface area (Å²) in [6, 6.07) is 18.1. The van der Waals surface area contributed by atoms with Crippen LogP contribution < -0.4 is 14.9 Å². The van der Waals surface area contributed by atoms with Gasteiger partial charge in [0.2, 0.25) is 0 Å². The molecule has 160 valence electrons. The zero-order valence-corrected chi connectivity index (χ0v) is 19.7. The highest BCUT2D eigenvalue weighted by atomic mass is 79.9. The summed E-state index contributed by atoms with van der Waals surface area (Å²) in [6.45, 7) is 2.79. The first kappa shape index (κ1) is 23.1. The maximum Gasteiger partial charge on any atom is 0.271 e. The summed E-state index contributed by atoms with van der Waals surface area (Å²) in [6.07, 6.45) is 1.52. The first-order chi connectivity index (χ1) is 15.0. The number of hydrazone groups is 1. The van der Waals surface area contributed by atoms with Crippen molar-refractivity contribution in [3.05, 3.63) is 91.9 Å². The maximum absolute atomic E-state index is 12.2. The number of ether oxygens (including phenoxy) is 2. The van der Waals surface area contributed by atoms with Gasteiger partial charge in [-0.05, 0) is 58.7 Å². The zero-order valence-electron chi connectivity index (χ0n) is 16.6. The Hall–Kier alpha value is -2.54. The minimum Gasteiger partial charge on any atom is -0.490 e. The number of hydrogen-bond donors (Lipinski definition) is 1. The van der Waals surface area contributed by atoms with E-state index in [4.69, 9.17) is 32.7 Å². The third kappa shape index (κ3) is 6.47. The van der Waals surface area contributed by atoms with Crippen LogP contribution in [0, 0.1) is 0 Å². The molecule has 3 rings (SSSR count). The van der Waals surface area contributed by atoms with E-state index in [1.807, 2.05) is 43.3 Å². The van der Waals surface area contributed by atoms with Crippen LogP contribution in [0.3, 0.4) is 0 Å². The van der Waals surface area contributed by atoms with Gasteiger partial charge >= 0.3 is 0 Å². The topological polar surface area (TPSA) is 59.9 Å². The van der Waals surface area contributed by atoms with Crippen LogP contribution in [-0.4, -0.2) is 18.7 Å². The molecule has 3 aromatic rings. The van der Waals surface area contributed by atoms with Crippen LogP contribution in [0.15, 0.2) is 70.2 Å². The van der Waals surface area contributed by atoms with Crippen LogP contribution in [0.5, 0.6) is 11.5 Å². The molecule has 1 amide bonds. The monoisotopic (exact) mass is 520 g/mol. The average Bonchev–Trinajstić information content (AvgIpc) is 2.77.